The zero-order valence-electron chi connectivity index (χ0n) is 11.8. The molecule has 0 aromatic heterocycles. The smallest absolute Gasteiger partial charge is 0.0105 e. The number of hydrogen-bond donors (Lipinski definition) is 1. The third-order valence-electron chi connectivity index (χ3n) is 3.81. The molecule has 0 spiro atoms. The monoisotopic (exact) mass is 253 g/mol. The second-order valence-electron chi connectivity index (χ2n) is 5.23. The van der Waals surface area contributed by atoms with Crippen LogP contribution in [0.2, 0.25) is 0 Å². The van der Waals surface area contributed by atoms with Crippen LogP contribution in [0.4, 0.5) is 0 Å². The fourth-order valence-electron chi connectivity index (χ4n) is 2.44. The van der Waals surface area contributed by atoms with Crippen molar-refractivity contribution in [3.05, 3.63) is 60.2 Å². The lowest BCUT2D eigenvalue weighted by atomic mass is 9.90. The van der Waals surface area contributed by atoms with Gasteiger partial charge in [0, 0.05) is 6.04 Å². The van der Waals surface area contributed by atoms with Crippen molar-refractivity contribution < 1.29 is 0 Å². The van der Waals surface area contributed by atoms with E-state index in [1.807, 2.05) is 6.07 Å². The van der Waals surface area contributed by atoms with E-state index in [0.29, 0.717) is 5.92 Å². The second-order valence-corrected chi connectivity index (χ2v) is 5.23. The molecule has 2 aromatic rings. The molecule has 19 heavy (non-hydrogen) atoms. The summed E-state index contributed by atoms with van der Waals surface area (Å²) in [4.78, 5) is 0. The summed E-state index contributed by atoms with van der Waals surface area (Å²) >= 11 is 0. The Morgan fingerprint density at radius 3 is 2.05 bits per heavy atom. The van der Waals surface area contributed by atoms with Crippen molar-refractivity contribution in [2.45, 2.75) is 38.6 Å². The van der Waals surface area contributed by atoms with Crippen LogP contribution in [0.5, 0.6) is 0 Å². The van der Waals surface area contributed by atoms with E-state index in [1.165, 1.54) is 16.7 Å². The molecule has 0 saturated carbocycles. The van der Waals surface area contributed by atoms with Crippen LogP contribution in [-0.2, 0) is 0 Å². The molecule has 0 radical (unpaired) electrons. The average molecular weight is 253 g/mol. The first-order valence-electron chi connectivity index (χ1n) is 7.13. The zero-order chi connectivity index (χ0) is 13.7. The first-order valence-corrected chi connectivity index (χ1v) is 7.13. The zero-order valence-corrected chi connectivity index (χ0v) is 11.8. The molecule has 2 unspecified atom stereocenters. The van der Waals surface area contributed by atoms with E-state index in [2.05, 4.69) is 62.4 Å². The van der Waals surface area contributed by atoms with Crippen molar-refractivity contribution in [2.75, 3.05) is 0 Å². The maximum absolute atomic E-state index is 6.21. The minimum absolute atomic E-state index is 0.257. The van der Waals surface area contributed by atoms with Crippen molar-refractivity contribution in [1.29, 1.82) is 0 Å². The first kappa shape index (κ1) is 13.8. The Hall–Kier alpha value is -1.60. The van der Waals surface area contributed by atoms with E-state index in [0.717, 1.165) is 12.8 Å². The van der Waals surface area contributed by atoms with Crippen molar-refractivity contribution in [2.24, 2.45) is 5.73 Å². The van der Waals surface area contributed by atoms with Gasteiger partial charge >= 0.3 is 0 Å². The van der Waals surface area contributed by atoms with Crippen molar-refractivity contribution in [3.63, 3.8) is 0 Å². The lowest BCUT2D eigenvalue weighted by Gasteiger charge is -2.20. The Balaban J connectivity index is 2.15. The lowest BCUT2D eigenvalue weighted by Crippen LogP contribution is -2.26. The number of rotatable bonds is 5. The predicted octanol–water partition coefficient (Wildman–Crippen LogP) is 4.58. The van der Waals surface area contributed by atoms with Gasteiger partial charge < -0.3 is 5.73 Å². The maximum Gasteiger partial charge on any atom is 0.0105 e. The van der Waals surface area contributed by atoms with E-state index in [4.69, 9.17) is 5.73 Å². The molecular weight excluding hydrogens is 230 g/mol. The van der Waals surface area contributed by atoms with Gasteiger partial charge in [0.25, 0.3) is 0 Å². The Labute approximate surface area is 116 Å². The quantitative estimate of drug-likeness (QED) is 0.829. The molecule has 1 nitrogen and oxygen atoms in total. The third kappa shape index (κ3) is 3.45. The van der Waals surface area contributed by atoms with Crippen molar-refractivity contribution in [1.82, 2.24) is 0 Å². The normalized spacial score (nSPS) is 14.1. The highest BCUT2D eigenvalue weighted by Crippen LogP contribution is 2.25. The average Bonchev–Trinajstić information content (AvgIpc) is 2.48. The molecule has 0 aliphatic heterocycles. The molecular formula is C18H23N. The summed E-state index contributed by atoms with van der Waals surface area (Å²) in [6.45, 7) is 4.41. The largest absolute Gasteiger partial charge is 0.327 e. The van der Waals surface area contributed by atoms with Crippen LogP contribution in [0, 0.1) is 0 Å². The van der Waals surface area contributed by atoms with Gasteiger partial charge in [0.05, 0.1) is 0 Å². The lowest BCUT2D eigenvalue weighted by molar-refractivity contribution is 0.522. The van der Waals surface area contributed by atoms with Crippen LogP contribution in [0.25, 0.3) is 11.1 Å². The van der Waals surface area contributed by atoms with Gasteiger partial charge in [0.1, 0.15) is 0 Å². The van der Waals surface area contributed by atoms with Gasteiger partial charge in [-0.25, -0.2) is 0 Å². The van der Waals surface area contributed by atoms with Gasteiger partial charge in [0.2, 0.25) is 0 Å². The summed E-state index contributed by atoms with van der Waals surface area (Å²) < 4.78 is 0. The highest BCUT2D eigenvalue weighted by molar-refractivity contribution is 5.63. The molecule has 0 fully saturated rings. The SMILES string of the molecule is CCCC(N)C(C)c1ccc(-c2ccccc2)cc1. The Bertz CT molecular complexity index is 487. The molecule has 2 N–H and O–H groups in total. The molecule has 2 rings (SSSR count). The number of hydrogen-bond acceptors (Lipinski definition) is 1. The maximum atomic E-state index is 6.21. The van der Waals surface area contributed by atoms with Gasteiger partial charge in [-0.2, -0.15) is 0 Å². The van der Waals surface area contributed by atoms with E-state index >= 15 is 0 Å². The summed E-state index contributed by atoms with van der Waals surface area (Å²) in [6, 6.07) is 19.5. The molecule has 0 aliphatic carbocycles. The van der Waals surface area contributed by atoms with E-state index in [9.17, 15) is 0 Å². The summed E-state index contributed by atoms with van der Waals surface area (Å²) in [5.41, 5.74) is 10.1. The van der Waals surface area contributed by atoms with Gasteiger partial charge in [-0.1, -0.05) is 74.9 Å². The van der Waals surface area contributed by atoms with Crippen molar-refractivity contribution in [3.8, 4) is 11.1 Å². The van der Waals surface area contributed by atoms with Gasteiger partial charge in [-0.15, -0.1) is 0 Å². The molecule has 2 atom stereocenters. The predicted molar refractivity (Wildman–Crippen MR) is 83.2 cm³/mol. The minimum Gasteiger partial charge on any atom is -0.327 e. The standard InChI is InChI=1S/C18H23N/c1-3-7-18(19)14(2)15-10-12-17(13-11-15)16-8-5-4-6-9-16/h4-6,8-14,18H,3,7,19H2,1-2H3. The summed E-state index contributed by atoms with van der Waals surface area (Å²) in [5.74, 6) is 0.421. The van der Waals surface area contributed by atoms with E-state index in [1.54, 1.807) is 0 Å². The molecule has 0 amide bonds. The summed E-state index contributed by atoms with van der Waals surface area (Å²) in [7, 11) is 0. The molecule has 0 saturated heterocycles. The third-order valence-corrected chi connectivity index (χ3v) is 3.81. The fourth-order valence-corrected chi connectivity index (χ4v) is 2.44. The first-order chi connectivity index (χ1) is 9.22. The Kier molecular flexibility index (Phi) is 4.75. The van der Waals surface area contributed by atoms with Gasteiger partial charge in [0.15, 0.2) is 0 Å². The number of nitrogens with two attached hydrogens (primary N) is 1. The van der Waals surface area contributed by atoms with Crippen LogP contribution >= 0.6 is 0 Å². The van der Waals surface area contributed by atoms with Crippen LogP contribution < -0.4 is 5.73 Å². The van der Waals surface area contributed by atoms with Gasteiger partial charge in [-0.05, 0) is 29.0 Å². The molecule has 100 valence electrons. The van der Waals surface area contributed by atoms with Gasteiger partial charge in [-0.3, -0.25) is 0 Å². The highest BCUT2D eigenvalue weighted by atomic mass is 14.6. The Morgan fingerprint density at radius 2 is 1.47 bits per heavy atom. The minimum atomic E-state index is 0.257. The molecule has 0 bridgehead atoms. The molecule has 0 aliphatic rings. The fraction of sp³-hybridized carbons (Fsp3) is 0.333. The topological polar surface area (TPSA) is 26.0 Å². The molecule has 0 heterocycles. The van der Waals surface area contributed by atoms with Crippen LogP contribution in [-0.4, -0.2) is 6.04 Å². The second kappa shape index (κ2) is 6.53. The van der Waals surface area contributed by atoms with Crippen LogP contribution in [0.15, 0.2) is 54.6 Å². The van der Waals surface area contributed by atoms with Crippen molar-refractivity contribution >= 4 is 0 Å². The van der Waals surface area contributed by atoms with Crippen LogP contribution in [0.3, 0.4) is 0 Å². The highest BCUT2D eigenvalue weighted by Gasteiger charge is 2.13. The number of benzene rings is 2. The van der Waals surface area contributed by atoms with Crippen LogP contribution in [0.1, 0.15) is 38.2 Å². The van der Waals surface area contributed by atoms with E-state index in [-0.39, 0.29) is 6.04 Å². The van der Waals surface area contributed by atoms with E-state index < -0.39 is 0 Å². The summed E-state index contributed by atoms with van der Waals surface area (Å²) in [5, 5.41) is 0. The molecule has 1 heteroatoms. The summed E-state index contributed by atoms with van der Waals surface area (Å²) in [6.07, 6.45) is 2.23. The Morgan fingerprint density at radius 1 is 0.895 bits per heavy atom. The molecule has 2 aromatic carbocycles.